The molecule has 0 bridgehead atoms. The van der Waals surface area contributed by atoms with Gasteiger partial charge in [-0.25, -0.2) is 14.4 Å². The van der Waals surface area contributed by atoms with Gasteiger partial charge < -0.3 is 14.9 Å². The van der Waals surface area contributed by atoms with Crippen LogP contribution in [0.5, 0.6) is 0 Å². The Balaban J connectivity index is 2.19. The molecule has 1 aliphatic heterocycles. The average Bonchev–Trinajstić information content (AvgIpc) is 2.90. The number of aryl methyl sites for hydroxylation is 2. The Morgan fingerprint density at radius 1 is 1.28 bits per heavy atom. The van der Waals surface area contributed by atoms with E-state index in [1.165, 1.54) is 29.3 Å². The topological polar surface area (TPSA) is 86.6 Å². The summed E-state index contributed by atoms with van der Waals surface area (Å²) in [6, 6.07) is 4.80. The van der Waals surface area contributed by atoms with Gasteiger partial charge in [-0.15, -0.1) is 0 Å². The highest BCUT2D eigenvalue weighted by Crippen LogP contribution is 2.39. The van der Waals surface area contributed by atoms with Crippen LogP contribution in [0.3, 0.4) is 0 Å². The molecule has 1 N–H and O–H groups in total. The molecule has 2 heterocycles. The molecule has 2 aromatic rings. The Kier molecular flexibility index (Phi) is 5.74. The molecule has 3 rings (SSSR count). The van der Waals surface area contributed by atoms with Gasteiger partial charge in [0.05, 0.1) is 22.9 Å². The standard InChI is InChI=1S/C21H23FN4O3/c1-12-16(11-23-13(2)24-12)19(27)17-18(14-6-5-7-15(22)10-14)26(9-8-25(3)4)21(29)20(17)28/h5-7,10-11,18,27H,8-9H2,1-4H3/b19-17+/t18-/m1/s1. The number of likely N-dealkylation sites (N-methyl/N-ethyl adjacent to an activating group) is 1. The van der Waals surface area contributed by atoms with Crippen LogP contribution in [0.2, 0.25) is 0 Å². The van der Waals surface area contributed by atoms with Gasteiger partial charge in [0.2, 0.25) is 0 Å². The van der Waals surface area contributed by atoms with Gasteiger partial charge in [-0.2, -0.15) is 0 Å². The second-order valence-corrected chi connectivity index (χ2v) is 7.27. The molecule has 1 aliphatic rings. The van der Waals surface area contributed by atoms with Gasteiger partial charge in [0.25, 0.3) is 11.7 Å². The summed E-state index contributed by atoms with van der Waals surface area (Å²) in [5, 5.41) is 11.0. The van der Waals surface area contributed by atoms with E-state index in [9.17, 15) is 19.1 Å². The molecular weight excluding hydrogens is 375 g/mol. The summed E-state index contributed by atoms with van der Waals surface area (Å²) >= 11 is 0. The number of hydrogen-bond acceptors (Lipinski definition) is 6. The number of nitrogens with zero attached hydrogens (tertiary/aromatic N) is 4. The first-order valence-corrected chi connectivity index (χ1v) is 9.20. The molecule has 0 saturated carbocycles. The largest absolute Gasteiger partial charge is 0.507 e. The van der Waals surface area contributed by atoms with Crippen LogP contribution in [0.1, 0.15) is 28.7 Å². The molecule has 1 aromatic carbocycles. The second kappa shape index (κ2) is 8.08. The molecule has 0 aliphatic carbocycles. The zero-order chi connectivity index (χ0) is 21.3. The fraction of sp³-hybridized carbons (Fsp3) is 0.333. The number of aliphatic hydroxyl groups is 1. The maximum atomic E-state index is 13.9. The van der Waals surface area contributed by atoms with Crippen molar-refractivity contribution in [2.75, 3.05) is 27.2 Å². The lowest BCUT2D eigenvalue weighted by atomic mass is 9.95. The molecule has 1 amide bonds. The monoisotopic (exact) mass is 398 g/mol. The maximum Gasteiger partial charge on any atom is 0.295 e. The highest BCUT2D eigenvalue weighted by Gasteiger charge is 2.46. The number of amides is 1. The Labute approximate surface area is 168 Å². The van der Waals surface area contributed by atoms with Gasteiger partial charge in [0.1, 0.15) is 17.4 Å². The van der Waals surface area contributed by atoms with Crippen LogP contribution < -0.4 is 0 Å². The summed E-state index contributed by atoms with van der Waals surface area (Å²) < 4.78 is 13.9. The van der Waals surface area contributed by atoms with Gasteiger partial charge in [0, 0.05) is 19.3 Å². The van der Waals surface area contributed by atoms with E-state index >= 15 is 0 Å². The highest BCUT2D eigenvalue weighted by atomic mass is 19.1. The molecule has 1 saturated heterocycles. The molecule has 0 radical (unpaired) electrons. The van der Waals surface area contributed by atoms with Crippen LogP contribution in [0.15, 0.2) is 36.0 Å². The zero-order valence-electron chi connectivity index (χ0n) is 16.8. The first-order chi connectivity index (χ1) is 13.7. The first-order valence-electron chi connectivity index (χ1n) is 9.20. The average molecular weight is 398 g/mol. The molecule has 1 fully saturated rings. The molecule has 0 spiro atoms. The fourth-order valence-electron chi connectivity index (χ4n) is 3.40. The molecule has 1 aromatic heterocycles. The molecule has 7 nitrogen and oxygen atoms in total. The van der Waals surface area contributed by atoms with Crippen molar-refractivity contribution in [1.82, 2.24) is 19.8 Å². The maximum absolute atomic E-state index is 13.9. The van der Waals surface area contributed by atoms with Crippen LogP contribution in [0.25, 0.3) is 5.76 Å². The smallest absolute Gasteiger partial charge is 0.295 e. The number of ketones is 1. The summed E-state index contributed by atoms with van der Waals surface area (Å²) in [7, 11) is 3.70. The van der Waals surface area contributed by atoms with Crippen molar-refractivity contribution in [2.24, 2.45) is 0 Å². The molecular formula is C21H23FN4O3. The van der Waals surface area contributed by atoms with E-state index in [0.29, 0.717) is 23.6 Å². The van der Waals surface area contributed by atoms with E-state index in [2.05, 4.69) is 9.97 Å². The minimum Gasteiger partial charge on any atom is -0.507 e. The number of carbonyl (C=O) groups excluding carboxylic acids is 2. The normalized spacial score (nSPS) is 18.7. The SMILES string of the molecule is Cc1ncc(/C(O)=C2\C(=O)C(=O)N(CCN(C)C)[C@@H]2c2cccc(F)c2)c(C)n1. The minimum absolute atomic E-state index is 0.0880. The molecule has 8 heteroatoms. The number of hydrogen-bond donors (Lipinski definition) is 1. The third kappa shape index (κ3) is 4.02. The lowest BCUT2D eigenvalue weighted by Gasteiger charge is -2.26. The Morgan fingerprint density at radius 3 is 2.62 bits per heavy atom. The predicted octanol–water partition coefficient (Wildman–Crippen LogP) is 2.22. The van der Waals surface area contributed by atoms with Gasteiger partial charge in [-0.3, -0.25) is 9.59 Å². The highest BCUT2D eigenvalue weighted by molar-refractivity contribution is 6.46. The van der Waals surface area contributed by atoms with Crippen molar-refractivity contribution >= 4 is 17.4 Å². The lowest BCUT2D eigenvalue weighted by molar-refractivity contribution is -0.140. The van der Waals surface area contributed by atoms with Crippen LogP contribution in [-0.4, -0.2) is 63.7 Å². The van der Waals surface area contributed by atoms with Crippen LogP contribution in [0, 0.1) is 19.7 Å². The molecule has 0 unspecified atom stereocenters. The summed E-state index contributed by atoms with van der Waals surface area (Å²) in [4.78, 5) is 37.2. The van der Waals surface area contributed by atoms with Crippen molar-refractivity contribution in [2.45, 2.75) is 19.9 Å². The third-order valence-electron chi connectivity index (χ3n) is 4.85. The lowest BCUT2D eigenvalue weighted by Crippen LogP contribution is -2.35. The molecule has 1 atom stereocenters. The van der Waals surface area contributed by atoms with Crippen LogP contribution in [0.4, 0.5) is 4.39 Å². The van der Waals surface area contributed by atoms with E-state index in [1.54, 1.807) is 19.9 Å². The summed E-state index contributed by atoms with van der Waals surface area (Å²) in [5.41, 5.74) is 1.07. The number of likely N-dealkylation sites (tertiary alicyclic amines) is 1. The number of carbonyl (C=O) groups is 2. The van der Waals surface area contributed by atoms with E-state index < -0.39 is 23.5 Å². The van der Waals surface area contributed by atoms with Crippen molar-refractivity contribution in [3.05, 3.63) is 64.5 Å². The number of aliphatic hydroxyl groups excluding tert-OH is 1. The summed E-state index contributed by atoms with van der Waals surface area (Å²) in [6.07, 6.45) is 1.42. The van der Waals surface area contributed by atoms with Crippen molar-refractivity contribution < 1.29 is 19.1 Å². The number of benzene rings is 1. The van der Waals surface area contributed by atoms with Crippen molar-refractivity contribution in [1.29, 1.82) is 0 Å². The number of Topliss-reactive ketones (excluding diaryl/α,β-unsaturated/α-hetero) is 1. The fourth-order valence-corrected chi connectivity index (χ4v) is 3.40. The predicted molar refractivity (Wildman–Crippen MR) is 105 cm³/mol. The molecule has 152 valence electrons. The van der Waals surface area contributed by atoms with Crippen LogP contribution in [-0.2, 0) is 9.59 Å². The third-order valence-corrected chi connectivity index (χ3v) is 4.85. The molecule has 29 heavy (non-hydrogen) atoms. The number of halogens is 1. The zero-order valence-corrected chi connectivity index (χ0v) is 16.8. The van der Waals surface area contributed by atoms with E-state index in [-0.39, 0.29) is 23.4 Å². The Bertz CT molecular complexity index is 1000. The summed E-state index contributed by atoms with van der Waals surface area (Å²) in [5.74, 6) is -1.87. The Hall–Kier alpha value is -3.13. The van der Waals surface area contributed by atoms with Crippen LogP contribution >= 0.6 is 0 Å². The summed E-state index contributed by atoms with van der Waals surface area (Å²) in [6.45, 7) is 4.15. The Morgan fingerprint density at radius 2 is 2.00 bits per heavy atom. The van der Waals surface area contributed by atoms with E-state index in [4.69, 9.17) is 0 Å². The van der Waals surface area contributed by atoms with Gasteiger partial charge >= 0.3 is 0 Å². The minimum atomic E-state index is -0.897. The van der Waals surface area contributed by atoms with E-state index in [1.807, 2.05) is 19.0 Å². The second-order valence-electron chi connectivity index (χ2n) is 7.27. The van der Waals surface area contributed by atoms with E-state index in [0.717, 1.165) is 0 Å². The quantitative estimate of drug-likeness (QED) is 0.472. The van der Waals surface area contributed by atoms with Crippen molar-refractivity contribution in [3.63, 3.8) is 0 Å². The van der Waals surface area contributed by atoms with Gasteiger partial charge in [-0.05, 0) is 45.6 Å². The number of rotatable bonds is 5. The van der Waals surface area contributed by atoms with Gasteiger partial charge in [0.15, 0.2) is 0 Å². The van der Waals surface area contributed by atoms with Gasteiger partial charge in [-0.1, -0.05) is 12.1 Å². The van der Waals surface area contributed by atoms with Crippen molar-refractivity contribution in [3.8, 4) is 0 Å². The first kappa shape index (κ1) is 20.6. The number of aromatic nitrogens is 2.